The molecule has 12 heavy (non-hydrogen) atoms. The van der Waals surface area contributed by atoms with Gasteiger partial charge in [0.1, 0.15) is 10.5 Å². The number of aromatic hydroxyl groups is 1. The SMILES string of the molecule is Cc1nc(O)c2sc(N)nc2n1. The maximum atomic E-state index is 9.33. The first-order valence-corrected chi connectivity index (χ1v) is 4.08. The molecule has 62 valence electrons. The molecule has 0 saturated carbocycles. The van der Waals surface area contributed by atoms with E-state index >= 15 is 0 Å². The molecule has 0 saturated heterocycles. The van der Waals surface area contributed by atoms with Crippen LogP contribution < -0.4 is 5.73 Å². The summed E-state index contributed by atoms with van der Waals surface area (Å²) in [7, 11) is 0. The van der Waals surface area contributed by atoms with E-state index in [4.69, 9.17) is 5.73 Å². The molecule has 6 heteroatoms. The van der Waals surface area contributed by atoms with E-state index < -0.39 is 0 Å². The maximum Gasteiger partial charge on any atom is 0.234 e. The molecule has 2 aromatic heterocycles. The fourth-order valence-corrected chi connectivity index (χ4v) is 1.59. The van der Waals surface area contributed by atoms with Gasteiger partial charge in [0, 0.05) is 0 Å². The third-order valence-electron chi connectivity index (χ3n) is 1.36. The number of nitrogen functional groups attached to an aromatic ring is 1. The zero-order valence-corrected chi connectivity index (χ0v) is 7.09. The zero-order chi connectivity index (χ0) is 8.72. The monoisotopic (exact) mass is 182 g/mol. The van der Waals surface area contributed by atoms with Crippen LogP contribution in [0, 0.1) is 6.92 Å². The van der Waals surface area contributed by atoms with Gasteiger partial charge in [-0.2, -0.15) is 4.98 Å². The van der Waals surface area contributed by atoms with Crippen molar-refractivity contribution in [2.45, 2.75) is 6.92 Å². The Balaban J connectivity index is 2.88. The number of fused-ring (bicyclic) bond motifs is 1. The summed E-state index contributed by atoms with van der Waals surface area (Å²) >= 11 is 1.18. The van der Waals surface area contributed by atoms with Gasteiger partial charge in [0.2, 0.25) is 5.88 Å². The van der Waals surface area contributed by atoms with Gasteiger partial charge in [-0.1, -0.05) is 11.3 Å². The Morgan fingerprint density at radius 1 is 1.33 bits per heavy atom. The van der Waals surface area contributed by atoms with Crippen LogP contribution in [0.2, 0.25) is 0 Å². The Morgan fingerprint density at radius 2 is 2.08 bits per heavy atom. The lowest BCUT2D eigenvalue weighted by molar-refractivity contribution is 0.458. The molecule has 0 radical (unpaired) electrons. The highest BCUT2D eigenvalue weighted by atomic mass is 32.1. The van der Waals surface area contributed by atoms with Crippen molar-refractivity contribution in [3.05, 3.63) is 5.82 Å². The number of aromatic nitrogens is 3. The third-order valence-corrected chi connectivity index (χ3v) is 2.23. The number of nitrogens with two attached hydrogens (primary N) is 1. The standard InChI is InChI=1S/C6H6N4OS/c1-2-8-4-3(5(11)9-2)12-6(7)10-4/h1H3,(H3,7,8,9,10,11). The normalized spacial score (nSPS) is 10.8. The van der Waals surface area contributed by atoms with Crippen LogP contribution in [-0.4, -0.2) is 20.1 Å². The number of aryl methyl sites for hydroxylation is 1. The Labute approximate surface area is 71.9 Å². The predicted octanol–water partition coefficient (Wildman–Crippen LogP) is 0.683. The molecule has 0 atom stereocenters. The molecule has 3 N–H and O–H groups in total. The number of thiazole rings is 1. The molecule has 0 aliphatic heterocycles. The minimum atomic E-state index is -0.0494. The minimum absolute atomic E-state index is 0.0494. The predicted molar refractivity (Wildman–Crippen MR) is 46.0 cm³/mol. The molecule has 0 fully saturated rings. The van der Waals surface area contributed by atoms with Gasteiger partial charge in [0.25, 0.3) is 0 Å². The van der Waals surface area contributed by atoms with Crippen molar-refractivity contribution in [3.63, 3.8) is 0 Å². The van der Waals surface area contributed by atoms with Gasteiger partial charge in [-0.05, 0) is 6.92 Å². The average Bonchev–Trinajstić information content (AvgIpc) is 2.29. The number of hydrogen-bond donors (Lipinski definition) is 2. The van der Waals surface area contributed by atoms with Gasteiger partial charge >= 0.3 is 0 Å². The van der Waals surface area contributed by atoms with Crippen molar-refractivity contribution >= 4 is 26.8 Å². The van der Waals surface area contributed by atoms with E-state index in [-0.39, 0.29) is 5.88 Å². The van der Waals surface area contributed by atoms with Crippen LogP contribution in [0.4, 0.5) is 5.13 Å². The van der Waals surface area contributed by atoms with Crippen molar-refractivity contribution in [1.82, 2.24) is 15.0 Å². The van der Waals surface area contributed by atoms with Gasteiger partial charge in [-0.3, -0.25) is 0 Å². The van der Waals surface area contributed by atoms with Crippen LogP contribution in [0.1, 0.15) is 5.82 Å². The van der Waals surface area contributed by atoms with E-state index in [1.165, 1.54) is 11.3 Å². The highest BCUT2D eigenvalue weighted by molar-refractivity contribution is 7.22. The topological polar surface area (TPSA) is 84.9 Å². The van der Waals surface area contributed by atoms with E-state index in [0.29, 0.717) is 21.3 Å². The molecule has 0 bridgehead atoms. The van der Waals surface area contributed by atoms with Crippen LogP contribution in [0.5, 0.6) is 5.88 Å². The molecule has 0 aliphatic carbocycles. The van der Waals surface area contributed by atoms with Gasteiger partial charge < -0.3 is 10.8 Å². The summed E-state index contributed by atoms with van der Waals surface area (Å²) in [5.41, 5.74) is 5.90. The van der Waals surface area contributed by atoms with E-state index in [1.807, 2.05) is 0 Å². The molecule has 2 aromatic rings. The van der Waals surface area contributed by atoms with Crippen molar-refractivity contribution in [3.8, 4) is 5.88 Å². The maximum absolute atomic E-state index is 9.33. The lowest BCUT2D eigenvalue weighted by atomic mass is 10.5. The van der Waals surface area contributed by atoms with Gasteiger partial charge in [-0.25, -0.2) is 9.97 Å². The molecule has 5 nitrogen and oxygen atoms in total. The van der Waals surface area contributed by atoms with Crippen molar-refractivity contribution in [1.29, 1.82) is 0 Å². The van der Waals surface area contributed by atoms with Crippen molar-refractivity contribution < 1.29 is 5.11 Å². The lowest BCUT2D eigenvalue weighted by Gasteiger charge is -1.92. The second kappa shape index (κ2) is 2.28. The van der Waals surface area contributed by atoms with Crippen LogP contribution in [0.25, 0.3) is 10.3 Å². The molecular weight excluding hydrogens is 176 g/mol. The first kappa shape index (κ1) is 7.23. The van der Waals surface area contributed by atoms with Gasteiger partial charge in [-0.15, -0.1) is 0 Å². The van der Waals surface area contributed by atoms with Gasteiger partial charge in [0.15, 0.2) is 10.8 Å². The van der Waals surface area contributed by atoms with E-state index in [0.717, 1.165) is 0 Å². The number of hydrogen-bond acceptors (Lipinski definition) is 6. The summed E-state index contributed by atoms with van der Waals surface area (Å²) in [6, 6.07) is 0. The summed E-state index contributed by atoms with van der Waals surface area (Å²) in [5, 5.41) is 9.72. The van der Waals surface area contributed by atoms with Gasteiger partial charge in [0.05, 0.1) is 0 Å². The van der Waals surface area contributed by atoms with E-state index in [2.05, 4.69) is 15.0 Å². The second-order valence-corrected chi connectivity index (χ2v) is 3.33. The highest BCUT2D eigenvalue weighted by Gasteiger charge is 2.08. The molecule has 2 rings (SSSR count). The molecule has 0 aromatic carbocycles. The summed E-state index contributed by atoms with van der Waals surface area (Å²) in [6.45, 7) is 1.69. The second-order valence-electron chi connectivity index (χ2n) is 2.30. The summed E-state index contributed by atoms with van der Waals surface area (Å²) in [5.74, 6) is 0.442. The summed E-state index contributed by atoms with van der Waals surface area (Å²) in [6.07, 6.45) is 0. The largest absolute Gasteiger partial charge is 0.492 e. The fraction of sp³-hybridized carbons (Fsp3) is 0.167. The summed E-state index contributed by atoms with van der Waals surface area (Å²) in [4.78, 5) is 11.7. The first-order valence-electron chi connectivity index (χ1n) is 3.26. The lowest BCUT2D eigenvalue weighted by Crippen LogP contribution is -1.87. The Morgan fingerprint density at radius 3 is 2.83 bits per heavy atom. The molecule has 0 aliphatic rings. The number of anilines is 1. The minimum Gasteiger partial charge on any atom is -0.492 e. The van der Waals surface area contributed by atoms with E-state index in [1.54, 1.807) is 6.92 Å². The third kappa shape index (κ3) is 0.964. The molecule has 0 unspecified atom stereocenters. The average molecular weight is 182 g/mol. The quantitative estimate of drug-likeness (QED) is 0.625. The van der Waals surface area contributed by atoms with Crippen LogP contribution in [-0.2, 0) is 0 Å². The number of nitrogens with zero attached hydrogens (tertiary/aromatic N) is 3. The summed E-state index contributed by atoms with van der Waals surface area (Å²) < 4.78 is 0.540. The Kier molecular flexibility index (Phi) is 1.37. The molecular formula is C6H6N4OS. The van der Waals surface area contributed by atoms with Crippen LogP contribution in [0.15, 0.2) is 0 Å². The fourth-order valence-electron chi connectivity index (χ4n) is 0.932. The highest BCUT2D eigenvalue weighted by Crippen LogP contribution is 2.28. The molecule has 0 spiro atoms. The zero-order valence-electron chi connectivity index (χ0n) is 6.27. The smallest absolute Gasteiger partial charge is 0.234 e. The van der Waals surface area contributed by atoms with Crippen LogP contribution in [0.3, 0.4) is 0 Å². The molecule has 2 heterocycles. The number of rotatable bonds is 0. The van der Waals surface area contributed by atoms with Crippen LogP contribution >= 0.6 is 11.3 Å². The Bertz CT molecular complexity index is 438. The van der Waals surface area contributed by atoms with Crippen molar-refractivity contribution in [2.24, 2.45) is 0 Å². The molecule has 0 amide bonds. The first-order chi connectivity index (χ1) is 5.66. The van der Waals surface area contributed by atoms with E-state index in [9.17, 15) is 5.11 Å². The Hall–Kier alpha value is -1.43. The van der Waals surface area contributed by atoms with Crippen molar-refractivity contribution in [2.75, 3.05) is 5.73 Å².